The van der Waals surface area contributed by atoms with E-state index in [1.54, 1.807) is 7.05 Å². The average molecular weight is 519 g/mol. The number of aromatic nitrogens is 1. The van der Waals surface area contributed by atoms with Gasteiger partial charge in [-0.3, -0.25) is 4.99 Å². The maximum absolute atomic E-state index is 12.6. The minimum Gasteiger partial charge on any atom is -0.355 e. The topological polar surface area (TPSA) is 52.6 Å². The molecule has 1 aromatic heterocycles. The van der Waals surface area contributed by atoms with Gasteiger partial charge in [-0.15, -0.1) is 35.3 Å². The molecule has 27 heavy (non-hydrogen) atoms. The first-order valence-electron chi connectivity index (χ1n) is 8.93. The Morgan fingerprint density at radius 2 is 1.96 bits per heavy atom. The number of rotatable bonds is 6. The van der Waals surface area contributed by atoms with Gasteiger partial charge in [-0.25, -0.2) is 4.98 Å². The van der Waals surface area contributed by atoms with Crippen molar-refractivity contribution >= 4 is 41.3 Å². The third-order valence-electron chi connectivity index (χ3n) is 4.81. The number of guanidine groups is 1. The van der Waals surface area contributed by atoms with Crippen molar-refractivity contribution in [3.63, 3.8) is 0 Å². The molecule has 0 spiro atoms. The van der Waals surface area contributed by atoms with Crippen molar-refractivity contribution in [2.75, 3.05) is 27.7 Å². The zero-order valence-electron chi connectivity index (χ0n) is 16.0. The lowest BCUT2D eigenvalue weighted by Crippen LogP contribution is -2.48. The average Bonchev–Trinajstić information content (AvgIpc) is 3.08. The van der Waals surface area contributed by atoms with Crippen LogP contribution in [0.15, 0.2) is 10.4 Å². The van der Waals surface area contributed by atoms with Crippen LogP contribution in [0.2, 0.25) is 0 Å². The van der Waals surface area contributed by atoms with Gasteiger partial charge in [0.25, 0.3) is 0 Å². The molecule has 156 valence electrons. The Labute approximate surface area is 180 Å². The van der Waals surface area contributed by atoms with Gasteiger partial charge in [0, 0.05) is 25.0 Å². The SMILES string of the molecule is CN=C(NCc1nc(C(F)(F)F)cs1)NCC(C1CCCCC1)N(C)C.I. The Bertz CT molecular complexity index is 585. The van der Waals surface area contributed by atoms with Crippen LogP contribution in [0.4, 0.5) is 13.2 Å². The monoisotopic (exact) mass is 519 g/mol. The highest BCUT2D eigenvalue weighted by atomic mass is 127. The fourth-order valence-electron chi connectivity index (χ4n) is 3.39. The number of nitrogens with zero attached hydrogens (tertiary/aromatic N) is 3. The Kier molecular flexibility index (Phi) is 10.3. The lowest BCUT2D eigenvalue weighted by molar-refractivity contribution is -0.140. The van der Waals surface area contributed by atoms with Crippen molar-refractivity contribution < 1.29 is 13.2 Å². The molecule has 1 aromatic rings. The highest BCUT2D eigenvalue weighted by Gasteiger charge is 2.33. The highest BCUT2D eigenvalue weighted by molar-refractivity contribution is 14.0. The number of alkyl halides is 3. The number of likely N-dealkylation sites (N-methyl/N-ethyl adjacent to an activating group) is 1. The van der Waals surface area contributed by atoms with E-state index in [-0.39, 0.29) is 30.5 Å². The minimum absolute atomic E-state index is 0. The second-order valence-electron chi connectivity index (χ2n) is 6.86. The van der Waals surface area contributed by atoms with E-state index < -0.39 is 11.9 Å². The van der Waals surface area contributed by atoms with E-state index in [1.807, 2.05) is 0 Å². The summed E-state index contributed by atoms with van der Waals surface area (Å²) in [5, 5.41) is 7.78. The van der Waals surface area contributed by atoms with E-state index in [1.165, 1.54) is 32.1 Å². The van der Waals surface area contributed by atoms with Crippen LogP contribution < -0.4 is 10.6 Å². The first kappa shape index (κ1) is 24.4. The van der Waals surface area contributed by atoms with Gasteiger partial charge < -0.3 is 15.5 Å². The molecular formula is C17H29F3IN5S. The second-order valence-corrected chi connectivity index (χ2v) is 7.80. The van der Waals surface area contributed by atoms with Crippen molar-refractivity contribution in [1.82, 2.24) is 20.5 Å². The predicted molar refractivity (Wildman–Crippen MR) is 115 cm³/mol. The molecule has 2 N–H and O–H groups in total. The normalized spacial score (nSPS) is 17.5. The number of nitrogens with one attached hydrogen (secondary N) is 2. The van der Waals surface area contributed by atoms with Gasteiger partial charge in [0.2, 0.25) is 0 Å². The summed E-state index contributed by atoms with van der Waals surface area (Å²) in [6, 6.07) is 0.408. The molecule has 1 unspecified atom stereocenters. The van der Waals surface area contributed by atoms with Crippen molar-refractivity contribution in [3.05, 3.63) is 16.1 Å². The van der Waals surface area contributed by atoms with Crippen LogP contribution in [-0.2, 0) is 12.7 Å². The van der Waals surface area contributed by atoms with Crippen LogP contribution >= 0.6 is 35.3 Å². The largest absolute Gasteiger partial charge is 0.434 e. The Hall–Kier alpha value is -0.620. The molecular weight excluding hydrogens is 490 g/mol. The molecule has 1 fully saturated rings. The smallest absolute Gasteiger partial charge is 0.355 e. The van der Waals surface area contributed by atoms with Crippen molar-refractivity contribution in [2.45, 2.75) is 50.9 Å². The molecule has 1 heterocycles. The zero-order chi connectivity index (χ0) is 19.2. The summed E-state index contributed by atoms with van der Waals surface area (Å²) in [4.78, 5) is 10.0. The van der Waals surface area contributed by atoms with Gasteiger partial charge >= 0.3 is 6.18 Å². The first-order chi connectivity index (χ1) is 12.3. The van der Waals surface area contributed by atoms with Crippen molar-refractivity contribution in [2.24, 2.45) is 10.9 Å². The third kappa shape index (κ3) is 7.72. The molecule has 0 radical (unpaired) electrons. The van der Waals surface area contributed by atoms with Crippen molar-refractivity contribution in [3.8, 4) is 0 Å². The van der Waals surface area contributed by atoms with Crippen LogP contribution in [0, 0.1) is 5.92 Å². The quantitative estimate of drug-likeness (QED) is 0.340. The molecule has 0 saturated heterocycles. The molecule has 0 bridgehead atoms. The Morgan fingerprint density at radius 3 is 2.48 bits per heavy atom. The summed E-state index contributed by atoms with van der Waals surface area (Å²) in [5.74, 6) is 1.24. The molecule has 0 aliphatic heterocycles. The van der Waals surface area contributed by atoms with E-state index in [2.05, 4.69) is 39.6 Å². The van der Waals surface area contributed by atoms with Gasteiger partial charge in [-0.2, -0.15) is 13.2 Å². The van der Waals surface area contributed by atoms with Crippen molar-refractivity contribution in [1.29, 1.82) is 0 Å². The molecule has 1 saturated carbocycles. The number of halogens is 4. The summed E-state index contributed by atoms with van der Waals surface area (Å²) in [5.41, 5.74) is -0.841. The number of aliphatic imine (C=N–C) groups is 1. The van der Waals surface area contributed by atoms with Crippen LogP contribution in [-0.4, -0.2) is 49.6 Å². The highest BCUT2D eigenvalue weighted by Crippen LogP contribution is 2.30. The van der Waals surface area contributed by atoms with Crippen LogP contribution in [0.3, 0.4) is 0 Å². The van der Waals surface area contributed by atoms with Gasteiger partial charge in [-0.05, 0) is 32.9 Å². The summed E-state index contributed by atoms with van der Waals surface area (Å²) in [6.45, 7) is 0.972. The molecule has 5 nitrogen and oxygen atoms in total. The molecule has 0 amide bonds. The van der Waals surface area contributed by atoms with Gasteiger partial charge in [-0.1, -0.05) is 19.3 Å². The lowest BCUT2D eigenvalue weighted by atomic mass is 9.83. The van der Waals surface area contributed by atoms with E-state index in [0.29, 0.717) is 22.9 Å². The van der Waals surface area contributed by atoms with E-state index in [9.17, 15) is 13.2 Å². The Morgan fingerprint density at radius 1 is 1.30 bits per heavy atom. The number of hydrogen-bond donors (Lipinski definition) is 2. The first-order valence-corrected chi connectivity index (χ1v) is 9.81. The summed E-state index contributed by atoms with van der Waals surface area (Å²) < 4.78 is 37.8. The van der Waals surface area contributed by atoms with E-state index in [0.717, 1.165) is 23.3 Å². The molecule has 1 atom stereocenters. The van der Waals surface area contributed by atoms with Gasteiger partial charge in [0.15, 0.2) is 11.7 Å². The molecule has 1 aliphatic rings. The van der Waals surface area contributed by atoms with Crippen LogP contribution in [0.5, 0.6) is 0 Å². The molecule has 10 heteroatoms. The van der Waals surface area contributed by atoms with Gasteiger partial charge in [0.1, 0.15) is 5.01 Å². The number of thiazole rings is 1. The van der Waals surface area contributed by atoms with Gasteiger partial charge in [0.05, 0.1) is 6.54 Å². The maximum Gasteiger partial charge on any atom is 0.434 e. The van der Waals surface area contributed by atoms with E-state index >= 15 is 0 Å². The van der Waals surface area contributed by atoms with Crippen LogP contribution in [0.25, 0.3) is 0 Å². The maximum atomic E-state index is 12.6. The fraction of sp³-hybridized carbons (Fsp3) is 0.765. The lowest BCUT2D eigenvalue weighted by Gasteiger charge is -2.35. The second kappa shape index (κ2) is 11.4. The molecule has 0 aromatic carbocycles. The fourth-order valence-corrected chi connectivity index (χ4v) is 4.13. The third-order valence-corrected chi connectivity index (χ3v) is 5.66. The Balaban J connectivity index is 0.00000364. The standard InChI is InChI=1S/C17H28F3N5S.HI/c1-21-16(23-10-15-24-14(11-26-15)17(18,19)20)22-9-13(25(2)3)12-7-5-4-6-8-12;/h11-13H,4-10H2,1-3H3,(H2,21,22,23);1H. The molecule has 1 aliphatic carbocycles. The minimum atomic E-state index is -4.40. The zero-order valence-corrected chi connectivity index (χ0v) is 19.1. The predicted octanol–water partition coefficient (Wildman–Crippen LogP) is 3.96. The summed E-state index contributed by atoms with van der Waals surface area (Å²) in [7, 11) is 5.83. The summed E-state index contributed by atoms with van der Waals surface area (Å²) in [6.07, 6.45) is 1.99. The summed E-state index contributed by atoms with van der Waals surface area (Å²) >= 11 is 0.996. The molecule has 2 rings (SSSR count). The van der Waals surface area contributed by atoms with E-state index in [4.69, 9.17) is 0 Å². The van der Waals surface area contributed by atoms with Crippen LogP contribution in [0.1, 0.15) is 42.8 Å². The number of hydrogen-bond acceptors (Lipinski definition) is 4.